The van der Waals surface area contributed by atoms with Crippen molar-refractivity contribution in [2.24, 2.45) is 5.92 Å². The van der Waals surface area contributed by atoms with Gasteiger partial charge in [0, 0.05) is 30.7 Å². The summed E-state index contributed by atoms with van der Waals surface area (Å²) in [5.74, 6) is 0.877. The van der Waals surface area contributed by atoms with E-state index in [1.54, 1.807) is 0 Å². The van der Waals surface area contributed by atoms with Gasteiger partial charge < -0.3 is 5.32 Å². The summed E-state index contributed by atoms with van der Waals surface area (Å²) in [7, 11) is 0. The average molecular weight is 297 g/mol. The summed E-state index contributed by atoms with van der Waals surface area (Å²) >= 11 is 0. The molecule has 0 aromatic carbocycles. The summed E-state index contributed by atoms with van der Waals surface area (Å²) in [6.07, 6.45) is 9.21. The van der Waals surface area contributed by atoms with Gasteiger partial charge in [-0.05, 0) is 38.5 Å². The molecule has 2 atom stereocenters. The highest BCUT2D eigenvalue weighted by Gasteiger charge is 2.43. The van der Waals surface area contributed by atoms with Gasteiger partial charge in [0.2, 0.25) is 0 Å². The Morgan fingerprint density at radius 3 is 2.19 bits per heavy atom. The van der Waals surface area contributed by atoms with Crippen molar-refractivity contribution in [3.05, 3.63) is 0 Å². The SMILES string of the molecule is CCCCC(CC)CN1CC(C)(CC)NCC1(CC)CC. The van der Waals surface area contributed by atoms with E-state index in [2.05, 4.69) is 51.8 Å². The van der Waals surface area contributed by atoms with Crippen LogP contribution in [0, 0.1) is 5.92 Å². The molecule has 21 heavy (non-hydrogen) atoms. The van der Waals surface area contributed by atoms with Crippen molar-refractivity contribution < 1.29 is 0 Å². The topological polar surface area (TPSA) is 15.3 Å². The van der Waals surface area contributed by atoms with Crippen molar-refractivity contribution in [1.29, 1.82) is 0 Å². The monoisotopic (exact) mass is 296 g/mol. The van der Waals surface area contributed by atoms with Gasteiger partial charge in [0.1, 0.15) is 0 Å². The van der Waals surface area contributed by atoms with E-state index in [4.69, 9.17) is 0 Å². The number of unbranched alkanes of at least 4 members (excludes halogenated alkanes) is 1. The van der Waals surface area contributed by atoms with Gasteiger partial charge in [0.05, 0.1) is 0 Å². The van der Waals surface area contributed by atoms with E-state index >= 15 is 0 Å². The molecule has 1 saturated heterocycles. The van der Waals surface area contributed by atoms with Gasteiger partial charge in [-0.15, -0.1) is 0 Å². The summed E-state index contributed by atoms with van der Waals surface area (Å²) in [4.78, 5) is 2.86. The fraction of sp³-hybridized carbons (Fsp3) is 1.00. The summed E-state index contributed by atoms with van der Waals surface area (Å²) in [5, 5.41) is 3.86. The Kier molecular flexibility index (Phi) is 7.70. The molecule has 0 radical (unpaired) electrons. The van der Waals surface area contributed by atoms with Crippen LogP contribution in [0.2, 0.25) is 0 Å². The molecule has 2 nitrogen and oxygen atoms in total. The van der Waals surface area contributed by atoms with E-state index in [1.807, 2.05) is 0 Å². The zero-order valence-electron chi connectivity index (χ0n) is 15.6. The van der Waals surface area contributed by atoms with Crippen LogP contribution in [0.15, 0.2) is 0 Å². The van der Waals surface area contributed by atoms with Crippen LogP contribution in [-0.4, -0.2) is 35.6 Å². The Bertz CT molecular complexity index is 285. The summed E-state index contributed by atoms with van der Waals surface area (Å²) in [6.45, 7) is 17.8. The van der Waals surface area contributed by atoms with Gasteiger partial charge in [0.25, 0.3) is 0 Å². The van der Waals surface area contributed by atoms with Crippen LogP contribution < -0.4 is 5.32 Å². The highest BCUT2D eigenvalue weighted by atomic mass is 15.3. The summed E-state index contributed by atoms with van der Waals surface area (Å²) in [5.41, 5.74) is 0.686. The van der Waals surface area contributed by atoms with E-state index in [0.717, 1.165) is 12.5 Å². The zero-order chi connectivity index (χ0) is 15.9. The molecule has 126 valence electrons. The van der Waals surface area contributed by atoms with Gasteiger partial charge in [-0.1, -0.05) is 53.9 Å². The third kappa shape index (κ3) is 4.69. The van der Waals surface area contributed by atoms with Gasteiger partial charge in [-0.3, -0.25) is 4.90 Å². The van der Waals surface area contributed by atoms with Gasteiger partial charge in [-0.2, -0.15) is 0 Å². The standard InChI is InChI=1S/C19H40N2/c1-7-12-13-17(8-2)14-21-16-18(6,9-3)20-15-19(21,10-4)11-5/h17,20H,7-16H2,1-6H3. The van der Waals surface area contributed by atoms with E-state index in [0.29, 0.717) is 11.1 Å². The molecule has 1 heterocycles. The third-order valence-corrected chi connectivity index (χ3v) is 6.17. The Labute approximate surface area is 134 Å². The Hall–Kier alpha value is -0.0800. The van der Waals surface area contributed by atoms with Gasteiger partial charge >= 0.3 is 0 Å². The Morgan fingerprint density at radius 2 is 1.71 bits per heavy atom. The molecule has 1 aliphatic heterocycles. The molecular weight excluding hydrogens is 256 g/mol. The maximum absolute atomic E-state index is 3.86. The first kappa shape index (κ1) is 19.0. The molecule has 1 N–H and O–H groups in total. The highest BCUT2D eigenvalue weighted by molar-refractivity contribution is 5.02. The van der Waals surface area contributed by atoms with Crippen LogP contribution in [-0.2, 0) is 0 Å². The van der Waals surface area contributed by atoms with Crippen LogP contribution in [0.3, 0.4) is 0 Å². The van der Waals surface area contributed by atoms with Gasteiger partial charge in [0.15, 0.2) is 0 Å². The molecule has 2 unspecified atom stereocenters. The van der Waals surface area contributed by atoms with Crippen molar-refractivity contribution in [2.45, 2.75) is 97.6 Å². The molecule has 1 rings (SSSR count). The minimum Gasteiger partial charge on any atom is -0.308 e. The number of hydrogen-bond acceptors (Lipinski definition) is 2. The van der Waals surface area contributed by atoms with E-state index in [-0.39, 0.29) is 0 Å². The van der Waals surface area contributed by atoms with E-state index in [1.165, 1.54) is 58.0 Å². The maximum atomic E-state index is 3.86. The molecule has 0 aliphatic carbocycles. The lowest BCUT2D eigenvalue weighted by Crippen LogP contribution is -2.69. The number of piperazine rings is 1. The predicted molar refractivity (Wildman–Crippen MR) is 94.9 cm³/mol. The molecule has 0 saturated carbocycles. The van der Waals surface area contributed by atoms with Gasteiger partial charge in [-0.25, -0.2) is 0 Å². The lowest BCUT2D eigenvalue weighted by atomic mass is 9.81. The molecular formula is C19H40N2. The molecule has 0 amide bonds. The molecule has 0 aromatic heterocycles. The zero-order valence-corrected chi connectivity index (χ0v) is 15.6. The first-order valence-corrected chi connectivity index (χ1v) is 9.49. The largest absolute Gasteiger partial charge is 0.308 e. The molecule has 0 spiro atoms. The Balaban J connectivity index is 2.82. The fourth-order valence-corrected chi connectivity index (χ4v) is 3.81. The number of nitrogens with zero attached hydrogens (tertiary/aromatic N) is 1. The molecule has 0 aromatic rings. The van der Waals surface area contributed by atoms with Crippen molar-refractivity contribution in [3.8, 4) is 0 Å². The smallest absolute Gasteiger partial charge is 0.0329 e. The molecule has 2 heteroatoms. The minimum absolute atomic E-state index is 0.302. The molecule has 1 aliphatic rings. The molecule has 1 fully saturated rings. The number of hydrogen-bond donors (Lipinski definition) is 1. The number of nitrogens with one attached hydrogen (secondary N) is 1. The normalized spacial score (nSPS) is 27.7. The lowest BCUT2D eigenvalue weighted by Gasteiger charge is -2.54. The van der Waals surface area contributed by atoms with Crippen molar-refractivity contribution in [3.63, 3.8) is 0 Å². The second-order valence-electron chi connectivity index (χ2n) is 7.50. The van der Waals surface area contributed by atoms with Crippen LogP contribution in [0.1, 0.15) is 86.5 Å². The second kappa shape index (κ2) is 8.53. The van der Waals surface area contributed by atoms with Crippen LogP contribution in [0.5, 0.6) is 0 Å². The maximum Gasteiger partial charge on any atom is 0.0329 e. The van der Waals surface area contributed by atoms with Crippen molar-refractivity contribution in [1.82, 2.24) is 10.2 Å². The van der Waals surface area contributed by atoms with Crippen LogP contribution >= 0.6 is 0 Å². The average Bonchev–Trinajstić information content (AvgIpc) is 2.52. The first-order valence-electron chi connectivity index (χ1n) is 9.49. The minimum atomic E-state index is 0.302. The fourth-order valence-electron chi connectivity index (χ4n) is 3.81. The third-order valence-electron chi connectivity index (χ3n) is 6.17. The second-order valence-corrected chi connectivity index (χ2v) is 7.50. The predicted octanol–water partition coefficient (Wildman–Crippen LogP) is 4.84. The van der Waals surface area contributed by atoms with E-state index in [9.17, 15) is 0 Å². The highest BCUT2D eigenvalue weighted by Crippen LogP contribution is 2.33. The lowest BCUT2D eigenvalue weighted by molar-refractivity contribution is -0.00976. The quantitative estimate of drug-likeness (QED) is 0.655. The first-order chi connectivity index (χ1) is 9.99. The summed E-state index contributed by atoms with van der Waals surface area (Å²) in [6, 6.07) is 0. The molecule has 0 bridgehead atoms. The van der Waals surface area contributed by atoms with Crippen molar-refractivity contribution >= 4 is 0 Å². The Morgan fingerprint density at radius 1 is 1.05 bits per heavy atom. The van der Waals surface area contributed by atoms with Crippen LogP contribution in [0.4, 0.5) is 0 Å². The summed E-state index contributed by atoms with van der Waals surface area (Å²) < 4.78 is 0. The van der Waals surface area contributed by atoms with Crippen molar-refractivity contribution in [2.75, 3.05) is 19.6 Å². The van der Waals surface area contributed by atoms with Crippen LogP contribution in [0.25, 0.3) is 0 Å². The van der Waals surface area contributed by atoms with E-state index < -0.39 is 0 Å². The number of rotatable bonds is 9.